The number of carbonyl (C=O) groups excluding carboxylic acids is 1. The number of anilines is 1. The van der Waals surface area contributed by atoms with Gasteiger partial charge in [0, 0.05) is 23.5 Å². The molecule has 0 unspecified atom stereocenters. The van der Waals surface area contributed by atoms with E-state index >= 15 is 0 Å². The van der Waals surface area contributed by atoms with Gasteiger partial charge in [0.2, 0.25) is 5.91 Å². The van der Waals surface area contributed by atoms with Crippen LogP contribution in [0.5, 0.6) is 0 Å². The first-order valence-electron chi connectivity index (χ1n) is 7.72. The van der Waals surface area contributed by atoms with E-state index in [2.05, 4.69) is 0 Å². The van der Waals surface area contributed by atoms with Crippen LogP contribution in [0, 0.1) is 0 Å². The van der Waals surface area contributed by atoms with Gasteiger partial charge in [0.05, 0.1) is 11.3 Å². The minimum absolute atomic E-state index is 0.00896. The van der Waals surface area contributed by atoms with Crippen LogP contribution in [0.15, 0.2) is 47.4 Å². The zero-order chi connectivity index (χ0) is 17.3. The fraction of sp³-hybridized carbons (Fsp3) is 0.278. The highest BCUT2D eigenvalue weighted by Gasteiger charge is 2.24. The van der Waals surface area contributed by atoms with Crippen molar-refractivity contribution in [2.24, 2.45) is 0 Å². The van der Waals surface area contributed by atoms with Gasteiger partial charge in [0.1, 0.15) is 0 Å². The van der Waals surface area contributed by atoms with Crippen molar-refractivity contribution < 1.29 is 13.2 Å². The maximum atomic E-state index is 12.7. The van der Waals surface area contributed by atoms with Crippen LogP contribution in [-0.4, -0.2) is 27.1 Å². The maximum Gasteiger partial charge on any atom is 0.231 e. The Morgan fingerprint density at radius 3 is 2.71 bits per heavy atom. The summed E-state index contributed by atoms with van der Waals surface area (Å²) in [6.07, 6.45) is 3.06. The lowest BCUT2D eigenvalue weighted by Crippen LogP contribution is -2.36. The Kier molecular flexibility index (Phi) is 4.65. The Hall–Kier alpha value is -1.85. The number of amides is 1. The topological polar surface area (TPSA) is 54.5 Å². The standard InChI is InChI=1S/C18H18ClNO3S/c1-24(22,23)16-7-8-17-14(12-16)5-3-9-20(17)18(21)11-13-4-2-6-15(19)10-13/h2,4,6-8,10,12H,3,5,9,11H2,1H3. The second-order valence-corrected chi connectivity index (χ2v) is 8.47. The first kappa shape index (κ1) is 17.0. The summed E-state index contributed by atoms with van der Waals surface area (Å²) in [6.45, 7) is 0.643. The Morgan fingerprint density at radius 1 is 1.21 bits per heavy atom. The summed E-state index contributed by atoms with van der Waals surface area (Å²) in [5.74, 6) is -0.00896. The highest BCUT2D eigenvalue weighted by molar-refractivity contribution is 7.90. The van der Waals surface area contributed by atoms with Crippen molar-refractivity contribution in [1.82, 2.24) is 0 Å². The lowest BCUT2D eigenvalue weighted by atomic mass is 10.0. The number of rotatable bonds is 3. The van der Waals surface area contributed by atoms with E-state index in [0.717, 1.165) is 29.7 Å². The summed E-state index contributed by atoms with van der Waals surface area (Å²) in [4.78, 5) is 14.7. The fourth-order valence-corrected chi connectivity index (χ4v) is 3.86. The second-order valence-electron chi connectivity index (χ2n) is 6.02. The van der Waals surface area contributed by atoms with E-state index in [4.69, 9.17) is 11.6 Å². The molecular weight excluding hydrogens is 346 g/mol. The summed E-state index contributed by atoms with van der Waals surface area (Å²) >= 11 is 5.97. The van der Waals surface area contributed by atoms with Gasteiger partial charge in [-0.05, 0) is 54.3 Å². The number of sulfone groups is 1. The molecule has 0 saturated heterocycles. The van der Waals surface area contributed by atoms with Gasteiger partial charge in [0.25, 0.3) is 0 Å². The SMILES string of the molecule is CS(=O)(=O)c1ccc2c(c1)CCCN2C(=O)Cc1cccc(Cl)c1. The summed E-state index contributed by atoms with van der Waals surface area (Å²) in [5, 5.41) is 0.608. The Balaban J connectivity index is 1.88. The third-order valence-corrected chi connectivity index (χ3v) is 5.49. The van der Waals surface area contributed by atoms with Gasteiger partial charge in [-0.3, -0.25) is 4.79 Å². The van der Waals surface area contributed by atoms with Gasteiger partial charge < -0.3 is 4.90 Å². The van der Waals surface area contributed by atoms with E-state index in [1.165, 1.54) is 6.26 Å². The van der Waals surface area contributed by atoms with Crippen LogP contribution in [0.25, 0.3) is 0 Å². The molecule has 0 spiro atoms. The molecule has 1 amide bonds. The van der Waals surface area contributed by atoms with Crippen LogP contribution in [0.2, 0.25) is 5.02 Å². The highest BCUT2D eigenvalue weighted by Crippen LogP contribution is 2.30. The van der Waals surface area contributed by atoms with Crippen molar-refractivity contribution in [3.05, 3.63) is 58.6 Å². The Bertz CT molecular complexity index is 893. The zero-order valence-electron chi connectivity index (χ0n) is 13.3. The molecule has 0 bridgehead atoms. The largest absolute Gasteiger partial charge is 0.312 e. The molecule has 0 atom stereocenters. The van der Waals surface area contributed by atoms with Gasteiger partial charge >= 0.3 is 0 Å². The van der Waals surface area contributed by atoms with Crippen molar-refractivity contribution in [3.63, 3.8) is 0 Å². The van der Waals surface area contributed by atoms with Gasteiger partial charge in [0.15, 0.2) is 9.84 Å². The van der Waals surface area contributed by atoms with Gasteiger partial charge in [-0.25, -0.2) is 8.42 Å². The number of hydrogen-bond donors (Lipinski definition) is 0. The molecule has 4 nitrogen and oxygen atoms in total. The van der Waals surface area contributed by atoms with E-state index in [1.54, 1.807) is 35.2 Å². The normalized spacial score (nSPS) is 14.3. The molecule has 2 aromatic carbocycles. The van der Waals surface area contributed by atoms with Crippen molar-refractivity contribution in [3.8, 4) is 0 Å². The molecule has 126 valence electrons. The van der Waals surface area contributed by atoms with Gasteiger partial charge in [-0.1, -0.05) is 23.7 Å². The lowest BCUT2D eigenvalue weighted by Gasteiger charge is -2.30. The number of nitrogens with zero attached hydrogens (tertiary/aromatic N) is 1. The molecule has 1 heterocycles. The van der Waals surface area contributed by atoms with E-state index in [9.17, 15) is 13.2 Å². The average molecular weight is 364 g/mol. The molecule has 0 saturated carbocycles. The molecule has 1 aliphatic rings. The number of aryl methyl sites for hydroxylation is 1. The molecule has 0 radical (unpaired) electrons. The molecule has 0 fully saturated rings. The van der Waals surface area contributed by atoms with Crippen molar-refractivity contribution in [2.75, 3.05) is 17.7 Å². The third-order valence-electron chi connectivity index (χ3n) is 4.14. The Morgan fingerprint density at radius 2 is 2.00 bits per heavy atom. The zero-order valence-corrected chi connectivity index (χ0v) is 14.9. The molecule has 3 rings (SSSR count). The smallest absolute Gasteiger partial charge is 0.231 e. The summed E-state index contributed by atoms with van der Waals surface area (Å²) < 4.78 is 23.4. The quantitative estimate of drug-likeness (QED) is 0.841. The summed E-state index contributed by atoms with van der Waals surface area (Å²) in [5.41, 5.74) is 2.58. The first-order valence-corrected chi connectivity index (χ1v) is 9.99. The van der Waals surface area contributed by atoms with Crippen LogP contribution < -0.4 is 4.90 Å². The number of carbonyl (C=O) groups is 1. The second kappa shape index (κ2) is 6.57. The predicted molar refractivity (Wildman–Crippen MR) is 95.4 cm³/mol. The molecule has 2 aromatic rings. The first-order chi connectivity index (χ1) is 11.3. The van der Waals surface area contributed by atoms with E-state index in [-0.39, 0.29) is 12.3 Å². The summed E-state index contributed by atoms with van der Waals surface area (Å²) in [7, 11) is -3.25. The van der Waals surface area contributed by atoms with Crippen molar-refractivity contribution in [1.29, 1.82) is 0 Å². The lowest BCUT2D eigenvalue weighted by molar-refractivity contribution is -0.118. The van der Waals surface area contributed by atoms with Crippen LogP contribution >= 0.6 is 11.6 Å². The van der Waals surface area contributed by atoms with Crippen LogP contribution in [0.4, 0.5) is 5.69 Å². The fourth-order valence-electron chi connectivity index (χ4n) is 2.98. The van der Waals surface area contributed by atoms with Crippen molar-refractivity contribution >= 4 is 33.0 Å². The number of benzene rings is 2. The predicted octanol–water partition coefficient (Wildman–Crippen LogP) is 3.27. The molecule has 1 aliphatic heterocycles. The number of halogens is 1. The van der Waals surface area contributed by atoms with E-state index in [1.807, 2.05) is 12.1 Å². The molecule has 6 heteroatoms. The Labute approximate surface area is 147 Å². The molecule has 24 heavy (non-hydrogen) atoms. The molecule has 0 aromatic heterocycles. The number of hydrogen-bond acceptors (Lipinski definition) is 3. The average Bonchev–Trinajstić information content (AvgIpc) is 2.53. The monoisotopic (exact) mass is 363 g/mol. The minimum atomic E-state index is -3.25. The maximum absolute atomic E-state index is 12.7. The van der Waals surface area contributed by atoms with Gasteiger partial charge in [-0.15, -0.1) is 0 Å². The molecular formula is C18H18ClNO3S. The van der Waals surface area contributed by atoms with Crippen LogP contribution in [-0.2, 0) is 27.5 Å². The third kappa shape index (κ3) is 3.62. The highest BCUT2D eigenvalue weighted by atomic mass is 35.5. The molecule has 0 N–H and O–H groups in total. The van der Waals surface area contributed by atoms with Crippen LogP contribution in [0.1, 0.15) is 17.5 Å². The van der Waals surface area contributed by atoms with E-state index in [0.29, 0.717) is 16.5 Å². The van der Waals surface area contributed by atoms with Crippen LogP contribution in [0.3, 0.4) is 0 Å². The molecule has 0 aliphatic carbocycles. The minimum Gasteiger partial charge on any atom is -0.312 e. The van der Waals surface area contributed by atoms with Gasteiger partial charge in [-0.2, -0.15) is 0 Å². The summed E-state index contributed by atoms with van der Waals surface area (Å²) in [6, 6.07) is 12.3. The van der Waals surface area contributed by atoms with E-state index < -0.39 is 9.84 Å². The number of fused-ring (bicyclic) bond motifs is 1. The van der Waals surface area contributed by atoms with Crippen molar-refractivity contribution in [2.45, 2.75) is 24.2 Å².